The second-order valence-corrected chi connectivity index (χ2v) is 5.52. The zero-order valence-corrected chi connectivity index (χ0v) is 10.0. The maximum absolute atomic E-state index is 11.8. The van der Waals surface area contributed by atoms with Gasteiger partial charge in [0.15, 0.2) is 0 Å². The van der Waals surface area contributed by atoms with Crippen LogP contribution in [0.25, 0.3) is 0 Å². The summed E-state index contributed by atoms with van der Waals surface area (Å²) in [5.41, 5.74) is -0.699. The summed E-state index contributed by atoms with van der Waals surface area (Å²) in [5.74, 6) is 0.278. The minimum Gasteiger partial charge on any atom is -0.481 e. The molecule has 0 heterocycles. The van der Waals surface area contributed by atoms with Crippen molar-refractivity contribution in [2.45, 2.75) is 38.3 Å². The highest BCUT2D eigenvalue weighted by atomic mass is 19.4. The molecule has 0 bridgehead atoms. The van der Waals surface area contributed by atoms with E-state index in [1.54, 1.807) is 0 Å². The van der Waals surface area contributed by atoms with Crippen molar-refractivity contribution in [2.75, 3.05) is 13.2 Å². The van der Waals surface area contributed by atoms with Gasteiger partial charge in [0.2, 0.25) is 0 Å². The van der Waals surface area contributed by atoms with Crippen LogP contribution in [0.1, 0.15) is 32.1 Å². The van der Waals surface area contributed by atoms with Crippen molar-refractivity contribution < 1.29 is 27.8 Å². The zero-order valence-electron chi connectivity index (χ0n) is 10.0. The van der Waals surface area contributed by atoms with Crippen molar-refractivity contribution >= 4 is 5.97 Å². The van der Waals surface area contributed by atoms with Gasteiger partial charge in [-0.05, 0) is 43.9 Å². The Morgan fingerprint density at radius 2 is 1.94 bits per heavy atom. The monoisotopic (exact) mass is 266 g/mol. The van der Waals surface area contributed by atoms with Crippen LogP contribution in [0.3, 0.4) is 0 Å². The summed E-state index contributed by atoms with van der Waals surface area (Å²) in [5, 5.41) is 9.27. The van der Waals surface area contributed by atoms with Crippen LogP contribution in [0.15, 0.2) is 0 Å². The van der Waals surface area contributed by atoms with Crippen molar-refractivity contribution in [3.63, 3.8) is 0 Å². The summed E-state index contributed by atoms with van der Waals surface area (Å²) in [4.78, 5) is 11.3. The standard InChI is InChI=1S/C12H17F3O3/c13-12(14,15)7-18-3-1-2-11(10(16)17)5-8-4-9(8)6-11/h8-9H,1-7H2,(H,16,17). The highest BCUT2D eigenvalue weighted by Gasteiger charge is 2.56. The number of hydrogen-bond acceptors (Lipinski definition) is 2. The molecule has 2 unspecified atom stereocenters. The second-order valence-electron chi connectivity index (χ2n) is 5.52. The van der Waals surface area contributed by atoms with Gasteiger partial charge in [-0.25, -0.2) is 0 Å². The normalized spacial score (nSPS) is 34.4. The summed E-state index contributed by atoms with van der Waals surface area (Å²) in [6.07, 6.45) is -1.01. The molecule has 0 aliphatic heterocycles. The number of alkyl halides is 3. The Balaban J connectivity index is 1.70. The van der Waals surface area contributed by atoms with Crippen LogP contribution in [-0.4, -0.2) is 30.5 Å². The van der Waals surface area contributed by atoms with E-state index in [0.717, 1.165) is 6.42 Å². The molecule has 2 fully saturated rings. The van der Waals surface area contributed by atoms with Gasteiger partial charge in [0.25, 0.3) is 0 Å². The van der Waals surface area contributed by atoms with E-state index in [-0.39, 0.29) is 6.61 Å². The SMILES string of the molecule is O=C(O)C1(CCCOCC(F)(F)F)CC2CC2C1. The predicted octanol–water partition coefficient (Wildman–Crippen LogP) is 2.85. The first kappa shape index (κ1) is 13.6. The molecule has 6 heteroatoms. The van der Waals surface area contributed by atoms with E-state index in [4.69, 9.17) is 0 Å². The molecule has 2 aliphatic carbocycles. The lowest BCUT2D eigenvalue weighted by molar-refractivity contribution is -0.174. The van der Waals surface area contributed by atoms with Crippen molar-refractivity contribution in [1.82, 2.24) is 0 Å². The number of ether oxygens (including phenoxy) is 1. The van der Waals surface area contributed by atoms with Gasteiger partial charge in [-0.1, -0.05) is 0 Å². The summed E-state index contributed by atoms with van der Waals surface area (Å²) in [6.45, 7) is -1.28. The maximum Gasteiger partial charge on any atom is 0.411 e. The number of halogens is 3. The fourth-order valence-electron chi connectivity index (χ4n) is 3.08. The Hall–Kier alpha value is -0.780. The first-order valence-corrected chi connectivity index (χ1v) is 6.20. The Morgan fingerprint density at radius 1 is 1.33 bits per heavy atom. The molecule has 0 aromatic carbocycles. The van der Waals surface area contributed by atoms with Crippen LogP contribution < -0.4 is 0 Å². The van der Waals surface area contributed by atoms with Gasteiger partial charge in [0, 0.05) is 6.61 Å². The van der Waals surface area contributed by atoms with E-state index in [0.29, 0.717) is 37.5 Å². The lowest BCUT2D eigenvalue weighted by atomic mass is 9.79. The number of fused-ring (bicyclic) bond motifs is 1. The fourth-order valence-corrected chi connectivity index (χ4v) is 3.08. The van der Waals surface area contributed by atoms with Crippen LogP contribution in [0, 0.1) is 17.3 Å². The number of rotatable bonds is 6. The summed E-state index contributed by atoms with van der Waals surface area (Å²) < 4.78 is 40.0. The first-order chi connectivity index (χ1) is 8.32. The Bertz CT molecular complexity index is 317. The van der Waals surface area contributed by atoms with Crippen molar-refractivity contribution in [2.24, 2.45) is 17.3 Å². The van der Waals surface area contributed by atoms with E-state index in [1.165, 1.54) is 0 Å². The van der Waals surface area contributed by atoms with E-state index in [2.05, 4.69) is 4.74 Å². The number of carbonyl (C=O) groups is 1. The molecule has 2 atom stereocenters. The number of carboxylic acids is 1. The molecular formula is C12H17F3O3. The number of hydrogen-bond donors (Lipinski definition) is 1. The smallest absolute Gasteiger partial charge is 0.411 e. The highest BCUT2D eigenvalue weighted by Crippen LogP contribution is 2.61. The molecule has 1 N–H and O–H groups in total. The average molecular weight is 266 g/mol. The minimum atomic E-state index is -4.31. The van der Waals surface area contributed by atoms with E-state index >= 15 is 0 Å². The third-order valence-corrected chi connectivity index (χ3v) is 4.04. The lowest BCUT2D eigenvalue weighted by Gasteiger charge is -2.25. The number of aliphatic carboxylic acids is 1. The Morgan fingerprint density at radius 3 is 2.44 bits per heavy atom. The molecule has 0 amide bonds. The van der Waals surface area contributed by atoms with Crippen LogP contribution in [0.4, 0.5) is 13.2 Å². The Labute approximate surface area is 103 Å². The molecule has 18 heavy (non-hydrogen) atoms. The second kappa shape index (κ2) is 4.72. The van der Waals surface area contributed by atoms with Crippen LogP contribution in [-0.2, 0) is 9.53 Å². The van der Waals surface area contributed by atoms with Crippen molar-refractivity contribution in [3.8, 4) is 0 Å². The van der Waals surface area contributed by atoms with Gasteiger partial charge in [0.1, 0.15) is 6.61 Å². The fraction of sp³-hybridized carbons (Fsp3) is 0.917. The number of carboxylic acid groups (broad SMARTS) is 1. The van der Waals surface area contributed by atoms with E-state index in [9.17, 15) is 23.1 Å². The van der Waals surface area contributed by atoms with Gasteiger partial charge in [0.05, 0.1) is 5.41 Å². The topological polar surface area (TPSA) is 46.5 Å². The van der Waals surface area contributed by atoms with Crippen molar-refractivity contribution in [1.29, 1.82) is 0 Å². The summed E-state index contributed by atoms with van der Waals surface area (Å²) in [7, 11) is 0. The Kier molecular flexibility index (Phi) is 3.58. The maximum atomic E-state index is 11.8. The van der Waals surface area contributed by atoms with Gasteiger partial charge < -0.3 is 9.84 Å². The summed E-state index contributed by atoms with van der Waals surface area (Å²) >= 11 is 0. The molecule has 0 saturated heterocycles. The average Bonchev–Trinajstić information content (AvgIpc) is 2.84. The zero-order chi connectivity index (χ0) is 13.4. The van der Waals surface area contributed by atoms with Crippen LogP contribution in [0.5, 0.6) is 0 Å². The van der Waals surface area contributed by atoms with E-state index in [1.807, 2.05) is 0 Å². The van der Waals surface area contributed by atoms with Crippen molar-refractivity contribution in [3.05, 3.63) is 0 Å². The molecule has 2 aliphatic rings. The third-order valence-electron chi connectivity index (χ3n) is 4.04. The first-order valence-electron chi connectivity index (χ1n) is 6.20. The lowest BCUT2D eigenvalue weighted by Crippen LogP contribution is -2.30. The molecule has 0 radical (unpaired) electrons. The van der Waals surface area contributed by atoms with Gasteiger partial charge in [-0.2, -0.15) is 13.2 Å². The molecule has 2 saturated carbocycles. The minimum absolute atomic E-state index is 0.0239. The largest absolute Gasteiger partial charge is 0.481 e. The van der Waals surface area contributed by atoms with Gasteiger partial charge >= 0.3 is 12.1 Å². The van der Waals surface area contributed by atoms with Crippen LogP contribution in [0.2, 0.25) is 0 Å². The molecule has 0 aromatic heterocycles. The molecule has 104 valence electrons. The third kappa shape index (κ3) is 3.16. The van der Waals surface area contributed by atoms with Gasteiger partial charge in [-0.15, -0.1) is 0 Å². The predicted molar refractivity (Wildman–Crippen MR) is 57.0 cm³/mol. The van der Waals surface area contributed by atoms with Gasteiger partial charge in [-0.3, -0.25) is 4.79 Å². The summed E-state index contributed by atoms with van der Waals surface area (Å²) in [6, 6.07) is 0. The van der Waals surface area contributed by atoms with Crippen LogP contribution >= 0.6 is 0 Å². The quantitative estimate of drug-likeness (QED) is 0.752. The highest BCUT2D eigenvalue weighted by molar-refractivity contribution is 5.75. The molecule has 2 rings (SSSR count). The molecular weight excluding hydrogens is 249 g/mol. The van der Waals surface area contributed by atoms with E-state index < -0.39 is 24.2 Å². The molecule has 0 spiro atoms. The molecule has 3 nitrogen and oxygen atoms in total. The molecule has 0 aromatic rings.